The van der Waals surface area contributed by atoms with Crippen LogP contribution in [-0.2, 0) is 6.42 Å². The summed E-state index contributed by atoms with van der Waals surface area (Å²) in [7, 11) is 0. The molecule has 2 aromatic carbocycles. The molecule has 3 rings (SSSR count). The smallest absolute Gasteiger partial charge is 0.0931 e. The second-order valence-electron chi connectivity index (χ2n) is 4.06. The van der Waals surface area contributed by atoms with Crippen molar-refractivity contribution in [1.82, 2.24) is 9.97 Å². The van der Waals surface area contributed by atoms with Gasteiger partial charge in [0.2, 0.25) is 0 Å². The topological polar surface area (TPSA) is 28.7 Å². The molecule has 84 valence electrons. The predicted octanol–water partition coefficient (Wildman–Crippen LogP) is 3.81. The summed E-state index contributed by atoms with van der Waals surface area (Å²) in [5.41, 5.74) is 4.61. The minimum atomic E-state index is 0.776. The summed E-state index contributed by atoms with van der Waals surface area (Å²) in [6.45, 7) is 0. The Labute approximate surface area is 104 Å². The van der Waals surface area contributed by atoms with Crippen LogP contribution in [0.5, 0.6) is 0 Å². The predicted molar refractivity (Wildman–Crippen MR) is 70.4 cm³/mol. The minimum absolute atomic E-state index is 0.776. The summed E-state index contributed by atoms with van der Waals surface area (Å²) in [5, 5.41) is 0.776. The van der Waals surface area contributed by atoms with Crippen LogP contribution in [0.1, 0.15) is 11.1 Å². The largest absolute Gasteiger partial charge is 0.345 e. The molecule has 0 aliphatic heterocycles. The molecule has 1 aromatic heterocycles. The van der Waals surface area contributed by atoms with Gasteiger partial charge in [-0.25, -0.2) is 4.98 Å². The molecule has 17 heavy (non-hydrogen) atoms. The van der Waals surface area contributed by atoms with Crippen molar-refractivity contribution in [3.05, 3.63) is 64.9 Å². The first-order valence-electron chi connectivity index (χ1n) is 5.48. The third-order valence-electron chi connectivity index (χ3n) is 2.81. The molecule has 1 N–H and O–H groups in total. The Kier molecular flexibility index (Phi) is 2.57. The molecule has 0 fully saturated rings. The van der Waals surface area contributed by atoms with E-state index in [4.69, 9.17) is 11.6 Å². The van der Waals surface area contributed by atoms with Gasteiger partial charge in [-0.1, -0.05) is 29.8 Å². The van der Waals surface area contributed by atoms with Crippen molar-refractivity contribution in [2.45, 2.75) is 6.42 Å². The van der Waals surface area contributed by atoms with Crippen molar-refractivity contribution in [2.75, 3.05) is 0 Å². The van der Waals surface area contributed by atoms with Crippen molar-refractivity contribution in [1.29, 1.82) is 0 Å². The highest BCUT2D eigenvalue weighted by Crippen LogP contribution is 2.16. The molecular formula is C14H11ClN2. The molecule has 2 nitrogen and oxygen atoms in total. The Hall–Kier alpha value is -1.80. The molecule has 0 unspecified atom stereocenters. The van der Waals surface area contributed by atoms with Gasteiger partial charge in [-0.05, 0) is 41.8 Å². The van der Waals surface area contributed by atoms with Gasteiger partial charge in [-0.2, -0.15) is 0 Å². The molecule has 3 aromatic rings. The van der Waals surface area contributed by atoms with Crippen LogP contribution in [0.15, 0.2) is 48.8 Å². The lowest BCUT2D eigenvalue weighted by Gasteiger charge is -2.02. The monoisotopic (exact) mass is 242 g/mol. The first kappa shape index (κ1) is 10.4. The Morgan fingerprint density at radius 2 is 1.76 bits per heavy atom. The number of imidazole rings is 1. The van der Waals surface area contributed by atoms with Crippen molar-refractivity contribution in [3.8, 4) is 0 Å². The van der Waals surface area contributed by atoms with E-state index in [-0.39, 0.29) is 0 Å². The zero-order valence-electron chi connectivity index (χ0n) is 9.15. The highest BCUT2D eigenvalue weighted by atomic mass is 35.5. The highest BCUT2D eigenvalue weighted by Gasteiger charge is 2.00. The summed E-state index contributed by atoms with van der Waals surface area (Å²) in [6.07, 6.45) is 2.63. The van der Waals surface area contributed by atoms with Crippen LogP contribution >= 0.6 is 11.6 Å². The number of hydrogen-bond acceptors (Lipinski definition) is 1. The Bertz CT molecular complexity index is 641. The van der Waals surface area contributed by atoms with Crippen molar-refractivity contribution in [2.24, 2.45) is 0 Å². The lowest BCUT2D eigenvalue weighted by atomic mass is 10.0. The number of halogens is 1. The van der Waals surface area contributed by atoms with Crippen LogP contribution in [0.25, 0.3) is 11.0 Å². The van der Waals surface area contributed by atoms with Gasteiger partial charge in [0.1, 0.15) is 0 Å². The van der Waals surface area contributed by atoms with Crippen LogP contribution in [0.4, 0.5) is 0 Å². The van der Waals surface area contributed by atoms with Crippen LogP contribution < -0.4 is 0 Å². The molecule has 0 aliphatic rings. The lowest BCUT2D eigenvalue weighted by Crippen LogP contribution is -1.87. The lowest BCUT2D eigenvalue weighted by molar-refractivity contribution is 1.20. The van der Waals surface area contributed by atoms with E-state index in [9.17, 15) is 0 Å². The Morgan fingerprint density at radius 3 is 2.59 bits per heavy atom. The number of aromatic amines is 1. The second-order valence-corrected chi connectivity index (χ2v) is 4.49. The molecule has 0 aliphatic carbocycles. The van der Waals surface area contributed by atoms with Gasteiger partial charge in [0.15, 0.2) is 0 Å². The van der Waals surface area contributed by atoms with Crippen LogP contribution in [-0.4, -0.2) is 9.97 Å². The SMILES string of the molecule is Clc1ccc(Cc2ccc3nc[nH]c3c2)cc1. The summed E-state index contributed by atoms with van der Waals surface area (Å²) in [4.78, 5) is 7.33. The fourth-order valence-electron chi connectivity index (χ4n) is 1.93. The van der Waals surface area contributed by atoms with Gasteiger partial charge in [0.25, 0.3) is 0 Å². The molecule has 0 saturated heterocycles. The van der Waals surface area contributed by atoms with Crippen molar-refractivity contribution >= 4 is 22.6 Å². The van der Waals surface area contributed by atoms with Gasteiger partial charge in [0, 0.05) is 5.02 Å². The van der Waals surface area contributed by atoms with E-state index >= 15 is 0 Å². The summed E-state index contributed by atoms with van der Waals surface area (Å²) < 4.78 is 0. The van der Waals surface area contributed by atoms with Gasteiger partial charge in [-0.15, -0.1) is 0 Å². The van der Waals surface area contributed by atoms with Gasteiger partial charge in [0.05, 0.1) is 17.4 Å². The Morgan fingerprint density at radius 1 is 1.00 bits per heavy atom. The average Bonchev–Trinajstić information content (AvgIpc) is 2.79. The molecule has 1 heterocycles. The molecule has 0 radical (unpaired) electrons. The van der Waals surface area contributed by atoms with Crippen LogP contribution in [0.2, 0.25) is 5.02 Å². The second kappa shape index (κ2) is 4.22. The van der Waals surface area contributed by atoms with E-state index in [1.807, 2.05) is 18.2 Å². The summed E-state index contributed by atoms with van der Waals surface area (Å²) in [5.74, 6) is 0. The van der Waals surface area contributed by atoms with Crippen molar-refractivity contribution < 1.29 is 0 Å². The number of nitrogens with zero attached hydrogens (tertiary/aromatic N) is 1. The molecule has 0 atom stereocenters. The van der Waals surface area contributed by atoms with Gasteiger partial charge in [-0.3, -0.25) is 0 Å². The number of hydrogen-bond donors (Lipinski definition) is 1. The van der Waals surface area contributed by atoms with E-state index in [1.54, 1.807) is 6.33 Å². The van der Waals surface area contributed by atoms with E-state index < -0.39 is 0 Å². The summed E-state index contributed by atoms with van der Waals surface area (Å²) in [6, 6.07) is 14.2. The molecular weight excluding hydrogens is 232 g/mol. The van der Waals surface area contributed by atoms with Gasteiger partial charge < -0.3 is 4.98 Å². The first-order chi connectivity index (χ1) is 8.31. The molecule has 0 amide bonds. The zero-order chi connectivity index (χ0) is 11.7. The van der Waals surface area contributed by atoms with Gasteiger partial charge >= 0.3 is 0 Å². The number of nitrogens with one attached hydrogen (secondary N) is 1. The fourth-order valence-corrected chi connectivity index (χ4v) is 2.06. The zero-order valence-corrected chi connectivity index (χ0v) is 9.91. The van der Waals surface area contributed by atoms with E-state index in [0.29, 0.717) is 0 Å². The van der Waals surface area contributed by atoms with Crippen LogP contribution in [0.3, 0.4) is 0 Å². The average molecular weight is 243 g/mol. The number of rotatable bonds is 2. The number of H-pyrrole nitrogens is 1. The Balaban J connectivity index is 1.91. The molecule has 0 bridgehead atoms. The molecule has 0 saturated carbocycles. The maximum Gasteiger partial charge on any atom is 0.0931 e. The maximum atomic E-state index is 5.86. The molecule has 0 spiro atoms. The highest BCUT2D eigenvalue weighted by molar-refractivity contribution is 6.30. The quantitative estimate of drug-likeness (QED) is 0.727. The number of fused-ring (bicyclic) bond motifs is 1. The van der Waals surface area contributed by atoms with E-state index in [0.717, 1.165) is 22.5 Å². The third kappa shape index (κ3) is 2.17. The van der Waals surface area contributed by atoms with E-state index in [1.165, 1.54) is 11.1 Å². The number of aromatic nitrogens is 2. The standard InChI is InChI=1S/C14H11ClN2/c15-12-4-1-10(2-5-12)7-11-3-6-13-14(8-11)17-9-16-13/h1-6,8-9H,7H2,(H,16,17). The summed E-state index contributed by atoms with van der Waals surface area (Å²) >= 11 is 5.86. The number of benzene rings is 2. The van der Waals surface area contributed by atoms with Crippen LogP contribution in [0, 0.1) is 0 Å². The van der Waals surface area contributed by atoms with Crippen molar-refractivity contribution in [3.63, 3.8) is 0 Å². The third-order valence-corrected chi connectivity index (χ3v) is 3.06. The normalized spacial score (nSPS) is 10.9. The maximum absolute atomic E-state index is 5.86. The molecule has 3 heteroatoms. The minimum Gasteiger partial charge on any atom is -0.345 e. The van der Waals surface area contributed by atoms with E-state index in [2.05, 4.69) is 34.2 Å². The fraction of sp³-hybridized carbons (Fsp3) is 0.0714. The first-order valence-corrected chi connectivity index (χ1v) is 5.85.